The number of carbonyl (C=O) groups is 1. The molecule has 2 aromatic carbocycles. The van der Waals surface area contributed by atoms with E-state index in [-0.39, 0.29) is 10.8 Å². The summed E-state index contributed by atoms with van der Waals surface area (Å²) in [6.45, 7) is 3.24. The van der Waals surface area contributed by atoms with E-state index < -0.39 is 10.0 Å². The first-order valence-corrected chi connectivity index (χ1v) is 10.4. The fourth-order valence-electron chi connectivity index (χ4n) is 2.93. The van der Waals surface area contributed by atoms with Crippen molar-refractivity contribution in [2.75, 3.05) is 18.4 Å². The summed E-state index contributed by atoms with van der Waals surface area (Å²) in [5.41, 5.74) is 0.884. The van der Waals surface area contributed by atoms with Crippen LogP contribution in [0.3, 0.4) is 0 Å². The van der Waals surface area contributed by atoms with Gasteiger partial charge in [0, 0.05) is 18.8 Å². The van der Waals surface area contributed by atoms with E-state index in [9.17, 15) is 13.2 Å². The first kappa shape index (κ1) is 18.9. The Hall–Kier alpha value is -1.89. The number of nitrogens with one attached hydrogen (secondary N) is 1. The Kier molecular flexibility index (Phi) is 5.65. The van der Waals surface area contributed by atoms with Crippen molar-refractivity contribution in [3.05, 3.63) is 59.1 Å². The van der Waals surface area contributed by atoms with Crippen molar-refractivity contribution in [3.63, 3.8) is 0 Å². The van der Waals surface area contributed by atoms with Gasteiger partial charge in [0.1, 0.15) is 0 Å². The maximum absolute atomic E-state index is 12.7. The molecule has 138 valence electrons. The average Bonchev–Trinajstić information content (AvgIpc) is 2.63. The van der Waals surface area contributed by atoms with Gasteiger partial charge >= 0.3 is 0 Å². The van der Waals surface area contributed by atoms with E-state index in [0.29, 0.717) is 35.3 Å². The lowest BCUT2D eigenvalue weighted by Crippen LogP contribution is -2.37. The molecule has 0 radical (unpaired) electrons. The third-order valence-electron chi connectivity index (χ3n) is 4.61. The number of halogens is 1. The Balaban J connectivity index is 1.72. The van der Waals surface area contributed by atoms with Crippen LogP contribution in [-0.4, -0.2) is 31.7 Å². The summed E-state index contributed by atoms with van der Waals surface area (Å²) >= 11 is 6.02. The van der Waals surface area contributed by atoms with Gasteiger partial charge in [-0.05, 0) is 55.2 Å². The summed E-state index contributed by atoms with van der Waals surface area (Å²) in [5.74, 6) is 0.222. The molecule has 7 heteroatoms. The first-order chi connectivity index (χ1) is 12.4. The third-order valence-corrected chi connectivity index (χ3v) is 6.85. The van der Waals surface area contributed by atoms with E-state index in [2.05, 4.69) is 12.2 Å². The number of carbonyl (C=O) groups excluding carboxylic acids is 1. The van der Waals surface area contributed by atoms with Crippen LogP contribution in [0.4, 0.5) is 5.69 Å². The lowest BCUT2D eigenvalue weighted by Gasteiger charge is -2.29. The lowest BCUT2D eigenvalue weighted by atomic mass is 10.0. The molecule has 0 aromatic heterocycles. The van der Waals surface area contributed by atoms with E-state index in [1.54, 1.807) is 36.4 Å². The van der Waals surface area contributed by atoms with Crippen LogP contribution in [0.2, 0.25) is 5.02 Å². The van der Waals surface area contributed by atoms with Crippen LogP contribution in [0.5, 0.6) is 0 Å². The van der Waals surface area contributed by atoms with E-state index >= 15 is 0 Å². The number of rotatable bonds is 4. The summed E-state index contributed by atoms with van der Waals surface area (Å²) < 4.78 is 27.0. The van der Waals surface area contributed by atoms with Crippen molar-refractivity contribution in [2.45, 2.75) is 24.7 Å². The van der Waals surface area contributed by atoms with Gasteiger partial charge in [-0.2, -0.15) is 4.31 Å². The maximum atomic E-state index is 12.7. The van der Waals surface area contributed by atoms with Gasteiger partial charge in [-0.25, -0.2) is 8.42 Å². The number of nitrogens with zero attached hydrogens (tertiary/aromatic N) is 1. The van der Waals surface area contributed by atoms with E-state index in [0.717, 1.165) is 12.8 Å². The smallest absolute Gasteiger partial charge is 0.257 e. The highest BCUT2D eigenvalue weighted by atomic mass is 35.5. The molecule has 0 unspecified atom stereocenters. The van der Waals surface area contributed by atoms with Crippen LogP contribution in [0, 0.1) is 5.92 Å². The fraction of sp³-hybridized carbons (Fsp3) is 0.316. The summed E-state index contributed by atoms with van der Waals surface area (Å²) in [4.78, 5) is 12.5. The first-order valence-electron chi connectivity index (χ1n) is 8.54. The predicted octanol–water partition coefficient (Wildman–Crippen LogP) is 4.01. The van der Waals surface area contributed by atoms with Crippen LogP contribution in [0.1, 0.15) is 30.1 Å². The van der Waals surface area contributed by atoms with Gasteiger partial charge in [0.05, 0.1) is 15.5 Å². The van der Waals surface area contributed by atoms with Gasteiger partial charge in [-0.3, -0.25) is 4.79 Å². The number of hydrogen-bond donors (Lipinski definition) is 1. The number of amides is 1. The van der Waals surface area contributed by atoms with Gasteiger partial charge < -0.3 is 5.32 Å². The van der Waals surface area contributed by atoms with Crippen molar-refractivity contribution >= 4 is 33.2 Å². The lowest BCUT2D eigenvalue weighted by molar-refractivity contribution is 0.102. The number of anilines is 1. The zero-order valence-corrected chi connectivity index (χ0v) is 16.1. The van der Waals surface area contributed by atoms with E-state index in [1.807, 2.05) is 0 Å². The normalized spacial score (nSPS) is 16.4. The van der Waals surface area contributed by atoms with Gasteiger partial charge in [-0.1, -0.05) is 30.7 Å². The van der Waals surface area contributed by atoms with Crippen LogP contribution in [0.25, 0.3) is 0 Å². The average molecular weight is 393 g/mol. The number of benzene rings is 2. The van der Waals surface area contributed by atoms with Crippen molar-refractivity contribution in [3.8, 4) is 0 Å². The van der Waals surface area contributed by atoms with Crippen LogP contribution >= 0.6 is 11.6 Å². The standard InChI is InChI=1S/C19H21ClN2O3S/c1-14-10-12-22(13-11-14)26(24,25)16-8-6-15(7-9-16)21-19(23)17-4-2-3-5-18(17)20/h2-9,14H,10-13H2,1H3,(H,21,23). The SMILES string of the molecule is CC1CCN(S(=O)(=O)c2ccc(NC(=O)c3ccccc3Cl)cc2)CC1. The molecule has 5 nitrogen and oxygen atoms in total. The van der Waals surface area contributed by atoms with E-state index in [1.165, 1.54) is 16.4 Å². The molecule has 1 aliphatic rings. The van der Waals surface area contributed by atoms with Crippen LogP contribution < -0.4 is 5.32 Å². The molecule has 2 aromatic rings. The van der Waals surface area contributed by atoms with E-state index in [4.69, 9.17) is 11.6 Å². The minimum Gasteiger partial charge on any atom is -0.322 e. The molecule has 26 heavy (non-hydrogen) atoms. The highest BCUT2D eigenvalue weighted by Gasteiger charge is 2.27. The molecule has 3 rings (SSSR count). The largest absolute Gasteiger partial charge is 0.322 e. The van der Waals surface area contributed by atoms with Crippen molar-refractivity contribution in [1.29, 1.82) is 0 Å². The van der Waals surface area contributed by atoms with Crippen LogP contribution in [-0.2, 0) is 10.0 Å². The molecule has 0 atom stereocenters. The zero-order valence-electron chi connectivity index (χ0n) is 14.5. The molecule has 1 saturated heterocycles. The number of sulfonamides is 1. The molecule has 1 fully saturated rings. The molecule has 1 aliphatic heterocycles. The molecule has 0 saturated carbocycles. The second kappa shape index (κ2) is 7.78. The molecule has 1 heterocycles. The van der Waals surface area contributed by atoms with Crippen LogP contribution in [0.15, 0.2) is 53.4 Å². The van der Waals surface area contributed by atoms with Crippen molar-refractivity contribution in [2.24, 2.45) is 5.92 Å². The minimum atomic E-state index is -3.49. The molecule has 0 bridgehead atoms. The Morgan fingerprint density at radius 2 is 1.69 bits per heavy atom. The summed E-state index contributed by atoms with van der Waals surface area (Å²) in [6, 6.07) is 13.0. The molecule has 0 aliphatic carbocycles. The maximum Gasteiger partial charge on any atom is 0.257 e. The Morgan fingerprint density at radius 3 is 2.31 bits per heavy atom. The Labute approximate surface area is 159 Å². The monoisotopic (exact) mass is 392 g/mol. The molecular weight excluding hydrogens is 372 g/mol. The zero-order chi connectivity index (χ0) is 18.7. The Morgan fingerprint density at radius 1 is 1.08 bits per heavy atom. The minimum absolute atomic E-state index is 0.239. The summed E-state index contributed by atoms with van der Waals surface area (Å²) in [5, 5.41) is 3.10. The van der Waals surface area contributed by atoms with Gasteiger partial charge in [0.15, 0.2) is 0 Å². The number of hydrogen-bond acceptors (Lipinski definition) is 3. The molecule has 0 spiro atoms. The quantitative estimate of drug-likeness (QED) is 0.854. The highest BCUT2D eigenvalue weighted by Crippen LogP contribution is 2.24. The van der Waals surface area contributed by atoms with Gasteiger partial charge in [0.25, 0.3) is 5.91 Å². The van der Waals surface area contributed by atoms with Gasteiger partial charge in [0.2, 0.25) is 10.0 Å². The second-order valence-corrected chi connectivity index (χ2v) is 8.89. The molecular formula is C19H21ClN2O3S. The topological polar surface area (TPSA) is 66.5 Å². The predicted molar refractivity (Wildman–Crippen MR) is 103 cm³/mol. The summed E-state index contributed by atoms with van der Waals surface area (Å²) in [6.07, 6.45) is 1.76. The second-order valence-electron chi connectivity index (χ2n) is 6.54. The highest BCUT2D eigenvalue weighted by molar-refractivity contribution is 7.89. The molecule has 1 amide bonds. The van der Waals surface area contributed by atoms with Crippen molar-refractivity contribution in [1.82, 2.24) is 4.31 Å². The Bertz CT molecular complexity index is 889. The fourth-order valence-corrected chi connectivity index (χ4v) is 4.62. The van der Waals surface area contributed by atoms with Gasteiger partial charge in [-0.15, -0.1) is 0 Å². The third kappa shape index (κ3) is 4.09. The number of piperidine rings is 1. The molecule has 1 N–H and O–H groups in total. The summed E-state index contributed by atoms with van der Waals surface area (Å²) in [7, 11) is -3.49. The van der Waals surface area contributed by atoms with Crippen molar-refractivity contribution < 1.29 is 13.2 Å².